The van der Waals surface area contributed by atoms with Crippen LogP contribution < -0.4 is 15.5 Å². The van der Waals surface area contributed by atoms with Gasteiger partial charge < -0.3 is 15.5 Å². The number of hydrogen-bond acceptors (Lipinski definition) is 3. The maximum absolute atomic E-state index is 12.9. The van der Waals surface area contributed by atoms with Crippen molar-refractivity contribution >= 4 is 23.4 Å². The number of halogens is 3. The van der Waals surface area contributed by atoms with Crippen molar-refractivity contribution in [2.75, 3.05) is 11.4 Å². The van der Waals surface area contributed by atoms with Crippen LogP contribution in [0.3, 0.4) is 0 Å². The Hall–Kier alpha value is -2.58. The van der Waals surface area contributed by atoms with E-state index in [1.807, 2.05) is 24.3 Å². The minimum absolute atomic E-state index is 0.351. The number of nitrogens with zero attached hydrogens (tertiary/aromatic N) is 1. The number of hydrogen-bond donors (Lipinski definition) is 2. The Kier molecular flexibility index (Phi) is 7.26. The molecule has 2 rings (SSSR count). The zero-order valence-corrected chi connectivity index (χ0v) is 16.7. The van der Waals surface area contributed by atoms with E-state index in [2.05, 4.69) is 5.32 Å². The van der Waals surface area contributed by atoms with Crippen LogP contribution in [0.2, 0.25) is 0 Å². The first-order valence-corrected chi connectivity index (χ1v) is 9.63. The molecule has 29 heavy (non-hydrogen) atoms. The summed E-state index contributed by atoms with van der Waals surface area (Å²) in [4.78, 5) is 38.4. The summed E-state index contributed by atoms with van der Waals surface area (Å²) in [6, 6.07) is 5.12. The Morgan fingerprint density at radius 3 is 2.41 bits per heavy atom. The summed E-state index contributed by atoms with van der Waals surface area (Å²) in [5.74, 6) is -3.89. The molecule has 0 aliphatic carbocycles. The summed E-state index contributed by atoms with van der Waals surface area (Å²) >= 11 is 0. The van der Waals surface area contributed by atoms with Crippen molar-refractivity contribution in [3.05, 3.63) is 29.8 Å². The maximum atomic E-state index is 12.9. The number of carbonyl (C=O) groups is 3. The number of aryl methyl sites for hydroxylation is 1. The number of carbonyl (C=O) groups excluding carboxylic acids is 3. The van der Waals surface area contributed by atoms with E-state index in [1.54, 1.807) is 24.1 Å². The molecule has 0 aromatic heterocycles. The molecule has 6 nitrogen and oxygen atoms in total. The molecular weight excluding hydrogens is 387 g/mol. The molecule has 3 atom stereocenters. The first-order valence-electron chi connectivity index (χ1n) is 9.63. The zero-order valence-electron chi connectivity index (χ0n) is 16.7. The lowest BCUT2D eigenvalue weighted by Gasteiger charge is -2.32. The van der Waals surface area contributed by atoms with Crippen LogP contribution in [0.25, 0.3) is 0 Å². The number of nitrogens with one attached hydrogen (secondary N) is 2. The van der Waals surface area contributed by atoms with Gasteiger partial charge in [0.1, 0.15) is 12.1 Å². The molecule has 1 unspecified atom stereocenters. The SMILES string of the molecule is CC[C@H](C)[C@H](NC(=O)C(F)(F)F)C(=O)NC(C)C(=O)N1CCCc2ccccc21. The van der Waals surface area contributed by atoms with Crippen molar-refractivity contribution in [2.45, 2.75) is 58.3 Å². The van der Waals surface area contributed by atoms with Gasteiger partial charge in [-0.3, -0.25) is 14.4 Å². The van der Waals surface area contributed by atoms with E-state index in [-0.39, 0.29) is 5.91 Å². The number of alkyl halides is 3. The average Bonchev–Trinajstić information content (AvgIpc) is 2.69. The lowest BCUT2D eigenvalue weighted by Crippen LogP contribution is -2.57. The number of amides is 3. The largest absolute Gasteiger partial charge is 0.471 e. The number of fused-ring (bicyclic) bond motifs is 1. The molecule has 160 valence electrons. The summed E-state index contributed by atoms with van der Waals surface area (Å²) in [5.41, 5.74) is 1.80. The highest BCUT2D eigenvalue weighted by Crippen LogP contribution is 2.27. The predicted octanol–water partition coefficient (Wildman–Crippen LogP) is 2.56. The van der Waals surface area contributed by atoms with Gasteiger partial charge in [0, 0.05) is 12.2 Å². The average molecular weight is 413 g/mol. The van der Waals surface area contributed by atoms with E-state index in [0.717, 1.165) is 24.1 Å². The van der Waals surface area contributed by atoms with Gasteiger partial charge in [-0.1, -0.05) is 38.5 Å². The molecule has 1 aliphatic rings. The van der Waals surface area contributed by atoms with Crippen LogP contribution in [0.5, 0.6) is 0 Å². The summed E-state index contributed by atoms with van der Waals surface area (Å²) in [6.45, 7) is 5.24. The molecule has 0 spiro atoms. The number of anilines is 1. The third-order valence-electron chi connectivity index (χ3n) is 5.14. The Bertz CT molecular complexity index is 767. The highest BCUT2D eigenvalue weighted by atomic mass is 19.4. The smallest absolute Gasteiger partial charge is 0.343 e. The predicted molar refractivity (Wildman–Crippen MR) is 102 cm³/mol. The number of para-hydroxylation sites is 1. The van der Waals surface area contributed by atoms with Crippen molar-refractivity contribution in [1.82, 2.24) is 10.6 Å². The van der Waals surface area contributed by atoms with Gasteiger partial charge in [-0.2, -0.15) is 13.2 Å². The first kappa shape index (κ1) is 22.7. The van der Waals surface area contributed by atoms with E-state index in [0.29, 0.717) is 13.0 Å². The fourth-order valence-electron chi connectivity index (χ4n) is 3.29. The van der Waals surface area contributed by atoms with Crippen LogP contribution in [-0.4, -0.2) is 42.5 Å². The standard InChI is InChI=1S/C20H26F3N3O3/c1-4-12(2)16(25-19(29)20(21,22)23)17(27)24-13(3)18(28)26-11-7-9-14-8-5-6-10-15(14)26/h5-6,8,10,12-13,16H,4,7,9,11H2,1-3H3,(H,24,27)(H,25,29)/t12-,13?,16-/m0/s1. The van der Waals surface area contributed by atoms with Crippen LogP contribution in [0.4, 0.5) is 18.9 Å². The lowest BCUT2D eigenvalue weighted by atomic mass is 9.97. The second-order valence-corrected chi connectivity index (χ2v) is 7.29. The Morgan fingerprint density at radius 1 is 1.14 bits per heavy atom. The molecule has 1 aliphatic heterocycles. The van der Waals surface area contributed by atoms with Crippen molar-refractivity contribution < 1.29 is 27.6 Å². The molecule has 0 radical (unpaired) electrons. The van der Waals surface area contributed by atoms with Gasteiger partial charge >= 0.3 is 12.1 Å². The van der Waals surface area contributed by atoms with Crippen molar-refractivity contribution in [2.24, 2.45) is 5.92 Å². The molecule has 1 heterocycles. The van der Waals surface area contributed by atoms with E-state index in [4.69, 9.17) is 0 Å². The molecule has 0 fully saturated rings. The summed E-state index contributed by atoms with van der Waals surface area (Å²) in [7, 11) is 0. The minimum atomic E-state index is -5.09. The van der Waals surface area contributed by atoms with Crippen molar-refractivity contribution in [3.63, 3.8) is 0 Å². The van der Waals surface area contributed by atoms with Crippen LogP contribution in [0, 0.1) is 5.92 Å². The van der Waals surface area contributed by atoms with Gasteiger partial charge in [-0.15, -0.1) is 0 Å². The fourth-order valence-corrected chi connectivity index (χ4v) is 3.29. The van der Waals surface area contributed by atoms with E-state index >= 15 is 0 Å². The van der Waals surface area contributed by atoms with Crippen LogP contribution in [0.15, 0.2) is 24.3 Å². The number of benzene rings is 1. The first-order chi connectivity index (χ1) is 13.6. The Labute approximate surface area is 167 Å². The highest BCUT2D eigenvalue weighted by molar-refractivity contribution is 6.00. The molecule has 0 bridgehead atoms. The quantitative estimate of drug-likeness (QED) is 0.753. The highest BCUT2D eigenvalue weighted by Gasteiger charge is 2.42. The topological polar surface area (TPSA) is 78.5 Å². The van der Waals surface area contributed by atoms with E-state index < -0.39 is 36.0 Å². The van der Waals surface area contributed by atoms with Gasteiger partial charge in [0.15, 0.2) is 0 Å². The van der Waals surface area contributed by atoms with Gasteiger partial charge in [0.2, 0.25) is 11.8 Å². The summed E-state index contributed by atoms with van der Waals surface area (Å²) < 4.78 is 37.8. The normalized spacial score (nSPS) is 17.0. The summed E-state index contributed by atoms with van der Waals surface area (Å²) in [6.07, 6.45) is -3.09. The molecule has 3 amide bonds. The van der Waals surface area contributed by atoms with Crippen molar-refractivity contribution in [3.8, 4) is 0 Å². The van der Waals surface area contributed by atoms with Gasteiger partial charge in [-0.05, 0) is 37.3 Å². The fraction of sp³-hybridized carbons (Fsp3) is 0.550. The van der Waals surface area contributed by atoms with Gasteiger partial charge in [0.25, 0.3) is 0 Å². The van der Waals surface area contributed by atoms with Crippen LogP contribution in [-0.2, 0) is 20.8 Å². The van der Waals surface area contributed by atoms with E-state index in [1.165, 1.54) is 6.92 Å². The second kappa shape index (κ2) is 9.28. The third-order valence-corrected chi connectivity index (χ3v) is 5.14. The molecule has 0 saturated heterocycles. The Morgan fingerprint density at radius 2 is 1.79 bits per heavy atom. The minimum Gasteiger partial charge on any atom is -0.343 e. The maximum Gasteiger partial charge on any atom is 0.471 e. The lowest BCUT2D eigenvalue weighted by molar-refractivity contribution is -0.175. The van der Waals surface area contributed by atoms with E-state index in [9.17, 15) is 27.6 Å². The number of rotatable bonds is 6. The molecule has 1 aromatic carbocycles. The molecule has 2 N–H and O–H groups in total. The van der Waals surface area contributed by atoms with Crippen LogP contribution in [0.1, 0.15) is 39.2 Å². The van der Waals surface area contributed by atoms with Crippen molar-refractivity contribution in [1.29, 1.82) is 0 Å². The molecule has 1 aromatic rings. The van der Waals surface area contributed by atoms with Crippen LogP contribution >= 0.6 is 0 Å². The molecular formula is C20H26F3N3O3. The van der Waals surface area contributed by atoms with Gasteiger partial charge in [0.05, 0.1) is 0 Å². The Balaban J connectivity index is 2.11. The summed E-state index contributed by atoms with van der Waals surface area (Å²) in [5, 5.41) is 4.21. The second-order valence-electron chi connectivity index (χ2n) is 7.29. The molecule has 0 saturated carbocycles. The zero-order chi connectivity index (χ0) is 21.8. The molecule has 9 heteroatoms. The van der Waals surface area contributed by atoms with Gasteiger partial charge in [-0.25, -0.2) is 0 Å². The monoisotopic (exact) mass is 413 g/mol. The third kappa shape index (κ3) is 5.48.